The van der Waals surface area contributed by atoms with E-state index in [9.17, 15) is 9.59 Å². The lowest BCUT2D eigenvalue weighted by Gasteiger charge is -2.18. The number of rotatable bonds is 4. The molecule has 1 aliphatic carbocycles. The summed E-state index contributed by atoms with van der Waals surface area (Å²) in [5, 5.41) is 3.54. The molecule has 0 saturated heterocycles. The Morgan fingerprint density at radius 3 is 2.72 bits per heavy atom. The summed E-state index contributed by atoms with van der Waals surface area (Å²) < 4.78 is 0. The normalized spacial score (nSPS) is 16.4. The minimum Gasteiger partial charge on any atom is -0.365 e. The van der Waals surface area contributed by atoms with Gasteiger partial charge in [0, 0.05) is 4.88 Å². The Balaban J connectivity index is 1.81. The van der Waals surface area contributed by atoms with Crippen LogP contribution in [-0.4, -0.2) is 11.8 Å². The molecular weight excluding hydrogens is 332 g/mol. The maximum absolute atomic E-state index is 12.5. The van der Waals surface area contributed by atoms with Gasteiger partial charge in [0.15, 0.2) is 0 Å². The minimum absolute atomic E-state index is 0.114. The molecule has 0 unspecified atom stereocenters. The predicted molar refractivity (Wildman–Crippen MR) is 102 cm³/mol. The first-order valence-electron chi connectivity index (χ1n) is 8.65. The number of anilines is 1. The van der Waals surface area contributed by atoms with Gasteiger partial charge in [-0.1, -0.05) is 25.1 Å². The smallest absolute Gasteiger partial charge is 0.251 e. The molecule has 5 heteroatoms. The third kappa shape index (κ3) is 3.76. The Hall–Kier alpha value is -2.14. The molecule has 132 valence electrons. The number of carbonyl (C=O) groups is 2. The highest BCUT2D eigenvalue weighted by atomic mass is 32.1. The van der Waals surface area contributed by atoms with Gasteiger partial charge in [-0.3, -0.25) is 9.59 Å². The third-order valence-electron chi connectivity index (χ3n) is 4.95. The standard InChI is InChI=1S/C20H24N2O2S/c1-11-4-7-15-16(8-11)25-20(18(15)19(21)24)22-17(23)10-14-6-5-12(2)13(3)9-14/h5-6,9,11H,4,7-8,10H2,1-3H3,(H2,21,24)(H,22,23)/t11-/m0/s1. The largest absolute Gasteiger partial charge is 0.365 e. The number of nitrogens with one attached hydrogen (secondary N) is 1. The summed E-state index contributed by atoms with van der Waals surface area (Å²) in [5.41, 5.74) is 10.5. The van der Waals surface area contributed by atoms with E-state index in [1.54, 1.807) is 0 Å². The molecule has 0 fully saturated rings. The summed E-state index contributed by atoms with van der Waals surface area (Å²) in [6, 6.07) is 6.03. The van der Waals surface area contributed by atoms with Crippen molar-refractivity contribution in [3.8, 4) is 0 Å². The van der Waals surface area contributed by atoms with Gasteiger partial charge in [0.1, 0.15) is 5.00 Å². The van der Waals surface area contributed by atoms with Crippen LogP contribution in [0, 0.1) is 19.8 Å². The van der Waals surface area contributed by atoms with Crippen molar-refractivity contribution in [2.24, 2.45) is 11.7 Å². The number of thiophene rings is 1. The number of hydrogen-bond donors (Lipinski definition) is 2. The molecule has 1 atom stereocenters. The molecule has 3 N–H and O–H groups in total. The average Bonchev–Trinajstić information content (AvgIpc) is 2.87. The maximum Gasteiger partial charge on any atom is 0.251 e. The first-order valence-corrected chi connectivity index (χ1v) is 9.47. The number of hydrogen-bond acceptors (Lipinski definition) is 3. The van der Waals surface area contributed by atoms with E-state index < -0.39 is 5.91 Å². The van der Waals surface area contributed by atoms with E-state index in [2.05, 4.69) is 19.2 Å². The zero-order valence-electron chi connectivity index (χ0n) is 14.9. The number of primary amides is 1. The molecule has 2 amide bonds. The molecule has 0 radical (unpaired) electrons. The van der Waals surface area contributed by atoms with Crippen LogP contribution >= 0.6 is 11.3 Å². The molecule has 1 aliphatic rings. The molecule has 1 aromatic heterocycles. The van der Waals surface area contributed by atoms with Crippen LogP contribution in [0.2, 0.25) is 0 Å². The number of carbonyl (C=O) groups excluding carboxylic acids is 2. The molecule has 4 nitrogen and oxygen atoms in total. The van der Waals surface area contributed by atoms with Crippen LogP contribution in [0.1, 0.15) is 50.8 Å². The zero-order valence-corrected chi connectivity index (χ0v) is 15.8. The van der Waals surface area contributed by atoms with Crippen molar-refractivity contribution in [1.82, 2.24) is 0 Å². The first-order chi connectivity index (χ1) is 11.8. The summed E-state index contributed by atoms with van der Waals surface area (Å²) >= 11 is 1.51. The lowest BCUT2D eigenvalue weighted by molar-refractivity contribution is -0.115. The second-order valence-corrected chi connectivity index (χ2v) is 8.17. The van der Waals surface area contributed by atoms with Crippen LogP contribution in [0.25, 0.3) is 0 Å². The summed E-state index contributed by atoms with van der Waals surface area (Å²) in [5.74, 6) is 0.0388. The highest BCUT2D eigenvalue weighted by Gasteiger charge is 2.27. The quantitative estimate of drug-likeness (QED) is 0.875. The van der Waals surface area contributed by atoms with Crippen molar-refractivity contribution >= 4 is 28.2 Å². The molecule has 3 rings (SSSR count). The van der Waals surface area contributed by atoms with Crippen molar-refractivity contribution in [3.63, 3.8) is 0 Å². The predicted octanol–water partition coefficient (Wildman–Crippen LogP) is 3.77. The van der Waals surface area contributed by atoms with Crippen LogP contribution in [0.15, 0.2) is 18.2 Å². The molecule has 25 heavy (non-hydrogen) atoms. The fourth-order valence-electron chi connectivity index (χ4n) is 3.37. The average molecular weight is 356 g/mol. The van der Waals surface area contributed by atoms with E-state index in [-0.39, 0.29) is 12.3 Å². The summed E-state index contributed by atoms with van der Waals surface area (Å²) in [6.45, 7) is 6.30. The highest BCUT2D eigenvalue weighted by molar-refractivity contribution is 7.17. The molecular formula is C20H24N2O2S. The molecule has 0 bridgehead atoms. The number of aryl methyl sites for hydroxylation is 2. The fraction of sp³-hybridized carbons (Fsp3) is 0.400. The van der Waals surface area contributed by atoms with Crippen LogP contribution in [0.4, 0.5) is 5.00 Å². The first kappa shape index (κ1) is 17.7. The van der Waals surface area contributed by atoms with E-state index in [4.69, 9.17) is 5.73 Å². The van der Waals surface area contributed by atoms with Gasteiger partial charge >= 0.3 is 0 Å². The number of benzene rings is 1. The number of fused-ring (bicyclic) bond motifs is 1. The molecule has 0 spiro atoms. The van der Waals surface area contributed by atoms with Gasteiger partial charge in [-0.05, 0) is 61.3 Å². The lowest BCUT2D eigenvalue weighted by atomic mass is 9.88. The number of nitrogens with two attached hydrogens (primary N) is 1. The second-order valence-electron chi connectivity index (χ2n) is 7.06. The molecule has 1 heterocycles. The summed E-state index contributed by atoms with van der Waals surface area (Å²) in [6.07, 6.45) is 3.16. The van der Waals surface area contributed by atoms with Gasteiger partial charge in [-0.15, -0.1) is 11.3 Å². The second kappa shape index (κ2) is 7.00. The zero-order chi connectivity index (χ0) is 18.1. The SMILES string of the molecule is Cc1ccc(CC(=O)Nc2sc3c(c2C(N)=O)CC[C@H](C)C3)cc1C. The molecule has 2 aromatic rings. The Morgan fingerprint density at radius 1 is 1.28 bits per heavy atom. The fourth-order valence-corrected chi connectivity index (χ4v) is 4.80. The maximum atomic E-state index is 12.5. The van der Waals surface area contributed by atoms with Gasteiger partial charge in [-0.2, -0.15) is 0 Å². The van der Waals surface area contributed by atoms with Gasteiger partial charge in [0.25, 0.3) is 5.91 Å². The monoisotopic (exact) mass is 356 g/mol. The lowest BCUT2D eigenvalue weighted by Crippen LogP contribution is -2.20. The van der Waals surface area contributed by atoms with Crippen molar-refractivity contribution in [2.45, 2.75) is 46.5 Å². The van der Waals surface area contributed by atoms with Crippen molar-refractivity contribution in [3.05, 3.63) is 50.9 Å². The topological polar surface area (TPSA) is 72.2 Å². The Kier molecular flexibility index (Phi) is 4.95. The Bertz CT molecular complexity index is 838. The van der Waals surface area contributed by atoms with Crippen LogP contribution in [0.3, 0.4) is 0 Å². The van der Waals surface area contributed by atoms with Crippen LogP contribution < -0.4 is 11.1 Å². The van der Waals surface area contributed by atoms with Crippen LogP contribution in [-0.2, 0) is 24.1 Å². The van der Waals surface area contributed by atoms with Gasteiger partial charge in [0.05, 0.1) is 12.0 Å². The Labute approximate surface area is 152 Å². The van der Waals surface area contributed by atoms with Crippen molar-refractivity contribution in [2.75, 3.05) is 5.32 Å². The Morgan fingerprint density at radius 2 is 2.04 bits per heavy atom. The molecule has 1 aromatic carbocycles. The van der Waals surface area contributed by atoms with Gasteiger partial charge in [-0.25, -0.2) is 0 Å². The number of amides is 2. The van der Waals surface area contributed by atoms with E-state index >= 15 is 0 Å². The van der Waals surface area contributed by atoms with E-state index in [1.807, 2.05) is 25.1 Å². The minimum atomic E-state index is -0.450. The molecule has 0 saturated carbocycles. The summed E-state index contributed by atoms with van der Waals surface area (Å²) in [4.78, 5) is 25.6. The molecule has 0 aliphatic heterocycles. The highest BCUT2D eigenvalue weighted by Crippen LogP contribution is 2.39. The van der Waals surface area contributed by atoms with Crippen molar-refractivity contribution in [1.29, 1.82) is 0 Å². The van der Waals surface area contributed by atoms with Gasteiger partial charge < -0.3 is 11.1 Å². The van der Waals surface area contributed by atoms with E-state index in [0.717, 1.165) is 30.4 Å². The van der Waals surface area contributed by atoms with E-state index in [1.165, 1.54) is 27.3 Å². The summed E-state index contributed by atoms with van der Waals surface area (Å²) in [7, 11) is 0. The van der Waals surface area contributed by atoms with E-state index in [0.29, 0.717) is 16.5 Å². The van der Waals surface area contributed by atoms with Gasteiger partial charge in [0.2, 0.25) is 5.91 Å². The van der Waals surface area contributed by atoms with Crippen molar-refractivity contribution < 1.29 is 9.59 Å². The van der Waals surface area contributed by atoms with Crippen LogP contribution in [0.5, 0.6) is 0 Å². The third-order valence-corrected chi connectivity index (χ3v) is 6.12.